The van der Waals surface area contributed by atoms with Crippen molar-refractivity contribution in [2.45, 2.75) is 14.7 Å². The first-order valence-corrected chi connectivity index (χ1v) is 16.0. The normalized spacial score (nSPS) is 11.7. The van der Waals surface area contributed by atoms with Crippen LogP contribution in [0, 0.1) is 0 Å². The van der Waals surface area contributed by atoms with Crippen LogP contribution >= 0.6 is 0 Å². The zero-order valence-corrected chi connectivity index (χ0v) is 24.4. The zero-order valence-electron chi connectivity index (χ0n) is 22.0. The molecule has 0 radical (unpaired) electrons. The Morgan fingerprint density at radius 2 is 0.930 bits per heavy atom. The fourth-order valence-electron chi connectivity index (χ4n) is 3.85. The Hall–Kier alpha value is -4.65. The van der Waals surface area contributed by atoms with Gasteiger partial charge in [0.15, 0.2) is 0 Å². The fraction of sp³-hybridized carbons (Fsp3) is 0. The van der Waals surface area contributed by atoms with Gasteiger partial charge in [0.2, 0.25) is 0 Å². The molecule has 5 aromatic rings. The molecule has 5 rings (SSSR count). The highest BCUT2D eigenvalue weighted by molar-refractivity contribution is 7.86. The molecule has 14 nitrogen and oxygen atoms in total. The van der Waals surface area contributed by atoms with E-state index >= 15 is 0 Å². The number of nitrogens with two attached hydrogens (primary N) is 5. The van der Waals surface area contributed by atoms with Crippen molar-refractivity contribution in [2.75, 3.05) is 28.7 Å². The molecule has 17 heteroatoms. The molecule has 0 aliphatic heterocycles. The van der Waals surface area contributed by atoms with Gasteiger partial charge in [0.25, 0.3) is 30.4 Å². The second-order valence-corrected chi connectivity index (χ2v) is 13.1. The molecule has 0 amide bonds. The summed E-state index contributed by atoms with van der Waals surface area (Å²) >= 11 is 0. The monoisotopic (exact) mass is 649 g/mol. The summed E-state index contributed by atoms with van der Waals surface area (Å²) in [5, 5.41) is 1.93. The van der Waals surface area contributed by atoms with Gasteiger partial charge in [0, 0.05) is 50.0 Å². The third kappa shape index (κ3) is 8.01. The van der Waals surface area contributed by atoms with Gasteiger partial charge in [0.05, 0.1) is 9.79 Å². The predicted octanol–water partition coefficient (Wildman–Crippen LogP) is 3.02. The van der Waals surface area contributed by atoms with E-state index in [-0.39, 0.29) is 25.8 Å². The van der Waals surface area contributed by atoms with Crippen LogP contribution in [-0.2, 0) is 30.4 Å². The maximum Gasteiger partial charge on any atom is 0.295 e. The minimum absolute atomic E-state index is 0.183. The molecule has 228 valence electrons. The largest absolute Gasteiger partial charge is 0.399 e. The summed E-state index contributed by atoms with van der Waals surface area (Å²) < 4.78 is 91.7. The molecule has 0 aromatic heterocycles. The lowest BCUT2D eigenvalue weighted by Gasteiger charge is -2.08. The molecule has 13 N–H and O–H groups in total. The summed E-state index contributed by atoms with van der Waals surface area (Å²) in [4.78, 5) is -0.607. The average molecular weight is 650 g/mol. The van der Waals surface area contributed by atoms with Crippen LogP contribution in [0.4, 0.5) is 28.4 Å². The van der Waals surface area contributed by atoms with Gasteiger partial charge in [-0.05, 0) is 60.7 Å². The van der Waals surface area contributed by atoms with Crippen LogP contribution in [0.1, 0.15) is 0 Å². The van der Waals surface area contributed by atoms with Gasteiger partial charge in [-0.3, -0.25) is 13.7 Å². The summed E-state index contributed by atoms with van der Waals surface area (Å²) in [6.45, 7) is 0. The summed E-state index contributed by atoms with van der Waals surface area (Å²) in [6.07, 6.45) is 0. The third-order valence-electron chi connectivity index (χ3n) is 5.86. The first-order valence-electron chi connectivity index (χ1n) is 11.7. The van der Waals surface area contributed by atoms with Crippen molar-refractivity contribution >= 4 is 80.3 Å². The summed E-state index contributed by atoms with van der Waals surface area (Å²) in [6, 6.07) is 20.3. The third-order valence-corrected chi connectivity index (χ3v) is 8.45. The summed E-state index contributed by atoms with van der Waals surface area (Å²) in [5.41, 5.74) is 30.0. The van der Waals surface area contributed by atoms with E-state index in [0.29, 0.717) is 38.9 Å². The molecule has 0 atom stereocenters. The van der Waals surface area contributed by atoms with Crippen LogP contribution in [0.2, 0.25) is 0 Å². The average Bonchev–Trinajstić information content (AvgIpc) is 2.92. The van der Waals surface area contributed by atoms with Gasteiger partial charge >= 0.3 is 0 Å². The molecule has 0 aliphatic carbocycles. The van der Waals surface area contributed by atoms with Crippen molar-refractivity contribution in [1.29, 1.82) is 0 Å². The van der Waals surface area contributed by atoms with E-state index in [1.165, 1.54) is 60.7 Å². The van der Waals surface area contributed by atoms with E-state index < -0.39 is 30.4 Å². The van der Waals surface area contributed by atoms with Crippen LogP contribution in [0.3, 0.4) is 0 Å². The number of fused-ring (bicyclic) bond motifs is 2. The molecule has 43 heavy (non-hydrogen) atoms. The van der Waals surface area contributed by atoms with Crippen LogP contribution < -0.4 is 28.7 Å². The zero-order chi connectivity index (χ0) is 32.3. The van der Waals surface area contributed by atoms with Gasteiger partial charge in [-0.15, -0.1) is 0 Å². The lowest BCUT2D eigenvalue weighted by molar-refractivity contribution is 0.481. The van der Waals surface area contributed by atoms with Crippen molar-refractivity contribution in [2.24, 2.45) is 0 Å². The van der Waals surface area contributed by atoms with Crippen molar-refractivity contribution in [3.8, 4) is 0 Å². The predicted molar refractivity (Wildman–Crippen MR) is 166 cm³/mol. The minimum Gasteiger partial charge on any atom is -0.399 e. The quantitative estimate of drug-likeness (QED) is 0.103. The Morgan fingerprint density at radius 1 is 0.442 bits per heavy atom. The van der Waals surface area contributed by atoms with Gasteiger partial charge < -0.3 is 28.7 Å². The number of nitrogen functional groups attached to an aromatic ring is 5. The van der Waals surface area contributed by atoms with E-state index in [2.05, 4.69) is 0 Å². The second kappa shape index (κ2) is 12.3. The van der Waals surface area contributed by atoms with Gasteiger partial charge in [0.1, 0.15) is 4.90 Å². The Labute approximate surface area is 247 Å². The maximum atomic E-state index is 11.2. The number of rotatable bonds is 3. The maximum absolute atomic E-state index is 11.2. The highest BCUT2D eigenvalue weighted by Crippen LogP contribution is 2.32. The van der Waals surface area contributed by atoms with E-state index in [4.69, 9.17) is 42.3 Å². The van der Waals surface area contributed by atoms with Gasteiger partial charge in [-0.2, -0.15) is 25.3 Å². The van der Waals surface area contributed by atoms with Crippen LogP contribution in [0.25, 0.3) is 21.5 Å². The van der Waals surface area contributed by atoms with E-state index in [0.717, 1.165) is 0 Å². The Kier molecular flexibility index (Phi) is 9.40. The first-order chi connectivity index (χ1) is 19.8. The molecule has 0 saturated heterocycles. The highest BCUT2D eigenvalue weighted by Gasteiger charge is 2.16. The SMILES string of the molecule is Nc1ccc(N)c2c(S(=O)(=O)O)cccc12.Nc1ccc(N)c2cc(S(=O)(=O)O)ccc12.Nc1cccc(S(=O)(=O)O)c1. The molecule has 0 unspecified atom stereocenters. The fourth-order valence-corrected chi connectivity index (χ4v) is 5.62. The molecule has 0 spiro atoms. The van der Waals surface area contributed by atoms with Crippen molar-refractivity contribution in [1.82, 2.24) is 0 Å². The lowest BCUT2D eigenvalue weighted by atomic mass is 10.1. The smallest absolute Gasteiger partial charge is 0.295 e. The number of hydrogen-bond acceptors (Lipinski definition) is 11. The van der Waals surface area contributed by atoms with Crippen LogP contribution in [-0.4, -0.2) is 38.9 Å². The van der Waals surface area contributed by atoms with E-state index in [1.807, 2.05) is 0 Å². The van der Waals surface area contributed by atoms with Crippen LogP contribution in [0.5, 0.6) is 0 Å². The molecular weight excluding hydrogens is 623 g/mol. The second-order valence-electron chi connectivity index (χ2n) is 8.87. The molecule has 0 aliphatic rings. The Balaban J connectivity index is 0.000000180. The highest BCUT2D eigenvalue weighted by atomic mass is 32.2. The van der Waals surface area contributed by atoms with E-state index in [9.17, 15) is 25.3 Å². The lowest BCUT2D eigenvalue weighted by Crippen LogP contribution is -2.02. The molecular formula is C26H27N5O9S3. The molecule has 0 saturated carbocycles. The van der Waals surface area contributed by atoms with Crippen LogP contribution in [0.15, 0.2) is 99.6 Å². The summed E-state index contributed by atoms with van der Waals surface area (Å²) in [7, 11) is -12.6. The van der Waals surface area contributed by atoms with Crippen molar-refractivity contribution in [3.63, 3.8) is 0 Å². The van der Waals surface area contributed by atoms with Crippen molar-refractivity contribution < 1.29 is 38.9 Å². The standard InChI is InChI=1S/2C10H10N2O3S.C6H7NO3S/c11-9-3-4-10(12)8-5-6(16(13,14)15)1-2-7(8)9;11-7-4-5-8(12)10-6(7)2-1-3-9(10)16(13,14)15;7-5-2-1-3-6(4-5)11(8,9)10/h2*1-5H,11-12H2,(H,13,14,15);1-4H,7H2,(H,8,9,10). The Morgan fingerprint density at radius 3 is 1.44 bits per heavy atom. The Bertz CT molecular complexity index is 2160. The number of anilines is 5. The first kappa shape index (κ1) is 32.9. The molecule has 5 aromatic carbocycles. The topological polar surface area (TPSA) is 293 Å². The van der Waals surface area contributed by atoms with Gasteiger partial charge in [-0.25, -0.2) is 0 Å². The molecule has 0 heterocycles. The number of hydrogen-bond donors (Lipinski definition) is 8. The van der Waals surface area contributed by atoms with E-state index in [1.54, 1.807) is 24.3 Å². The molecule has 0 fully saturated rings. The summed E-state index contributed by atoms with van der Waals surface area (Å²) in [5.74, 6) is 0. The molecule has 0 bridgehead atoms. The minimum atomic E-state index is -4.30. The van der Waals surface area contributed by atoms with Crippen molar-refractivity contribution in [3.05, 3.63) is 84.9 Å². The number of benzene rings is 5. The van der Waals surface area contributed by atoms with Gasteiger partial charge in [-0.1, -0.05) is 24.3 Å².